The summed E-state index contributed by atoms with van der Waals surface area (Å²) >= 11 is 0. The van der Waals surface area contributed by atoms with Crippen LogP contribution in [0.25, 0.3) is 55.8 Å². The molecule has 0 bridgehead atoms. The Morgan fingerprint density at radius 2 is 1.64 bits per heavy atom. The largest absolute Gasteiger partial charge is 0.494 e. The summed E-state index contributed by atoms with van der Waals surface area (Å²) < 4.78 is 44.8. The summed E-state index contributed by atoms with van der Waals surface area (Å²) in [6, 6.07) is 22.5. The number of sulfonamides is 1. The molecule has 45 heavy (non-hydrogen) atoms. The zero-order valence-electron chi connectivity index (χ0n) is 25.7. The topological polar surface area (TPSA) is 127 Å². The van der Waals surface area contributed by atoms with Crippen LogP contribution in [0.1, 0.15) is 15.9 Å². The fraction of sp³-hybridized carbons (Fsp3) is 0.176. The minimum absolute atomic E-state index is 0.288. The van der Waals surface area contributed by atoms with Crippen molar-refractivity contribution in [3.63, 3.8) is 0 Å². The second kappa shape index (κ2) is 11.3. The highest BCUT2D eigenvalue weighted by atomic mass is 32.2. The first-order chi connectivity index (χ1) is 21.5. The van der Waals surface area contributed by atoms with E-state index in [4.69, 9.17) is 18.9 Å². The number of aromatic amines is 1. The number of nitrogens with one attached hydrogen (secondary N) is 2. The Balaban J connectivity index is 1.69. The fourth-order valence-electron chi connectivity index (χ4n) is 5.40. The number of hydrogen-bond acceptors (Lipinski definition) is 7. The summed E-state index contributed by atoms with van der Waals surface area (Å²) in [5, 5.41) is 4.19. The average molecular weight is 625 g/mol. The van der Waals surface area contributed by atoms with Gasteiger partial charge in [-0.3, -0.25) is 9.10 Å². The number of anilines is 1. The summed E-state index contributed by atoms with van der Waals surface area (Å²) in [7, 11) is 2.32. The molecule has 2 N–H and O–H groups in total. The third kappa shape index (κ3) is 5.25. The predicted molar refractivity (Wildman–Crippen MR) is 177 cm³/mol. The Morgan fingerprint density at radius 1 is 0.956 bits per heavy atom. The van der Waals surface area contributed by atoms with Crippen molar-refractivity contribution in [2.24, 2.45) is 0 Å². The highest BCUT2D eigenvalue weighted by molar-refractivity contribution is 7.92. The number of amides is 1. The highest BCUT2D eigenvalue weighted by Crippen LogP contribution is 2.45. The van der Waals surface area contributed by atoms with Crippen LogP contribution >= 0.6 is 0 Å². The molecular weight excluding hydrogens is 592 g/mol. The van der Waals surface area contributed by atoms with Crippen LogP contribution in [0.4, 0.5) is 5.69 Å². The van der Waals surface area contributed by atoms with Crippen molar-refractivity contribution in [1.29, 1.82) is 0 Å². The number of hydrogen-bond donors (Lipinski definition) is 2. The van der Waals surface area contributed by atoms with E-state index < -0.39 is 10.0 Å². The van der Waals surface area contributed by atoms with Gasteiger partial charge in [-0.1, -0.05) is 48.0 Å². The van der Waals surface area contributed by atoms with Crippen LogP contribution in [0.2, 0.25) is 0 Å². The maximum atomic E-state index is 13.4. The van der Waals surface area contributed by atoms with Gasteiger partial charge >= 0.3 is 0 Å². The molecule has 6 aromatic rings. The van der Waals surface area contributed by atoms with Crippen molar-refractivity contribution in [1.82, 2.24) is 15.3 Å². The Morgan fingerprint density at radius 3 is 2.29 bits per heavy atom. The number of ether oxygens (including phenoxy) is 2. The Hall–Kier alpha value is -5.29. The summed E-state index contributed by atoms with van der Waals surface area (Å²) in [6.45, 7) is 1.97. The standard InChI is InChI=1S/C34H32N4O6S/c1-19-11-13-20(14-12-19)33-30(34(39)35-2)23-16-22(26(17-27(23)44-33)38(3)45(6,40)41)31-28(42-4)18-29(43-5)32(37-31)25-15-21-9-7-8-10-24(21)36-25/h7-18,36H,1-6H3,(H,35,39). The molecule has 230 valence electrons. The zero-order chi connectivity index (χ0) is 32.0. The number of rotatable bonds is 8. The molecule has 3 aromatic carbocycles. The first-order valence-corrected chi connectivity index (χ1v) is 15.9. The number of furan rings is 1. The lowest BCUT2D eigenvalue weighted by molar-refractivity contribution is 0.0964. The SMILES string of the molecule is CNC(=O)c1c(-c2ccc(C)cc2)oc2cc(N(C)S(C)(=O)=O)c(-c3nc(-c4cc5ccccc5[nH]4)c(OC)cc3OC)cc12. The van der Waals surface area contributed by atoms with Gasteiger partial charge in [-0.2, -0.15) is 0 Å². The number of H-pyrrole nitrogens is 1. The zero-order valence-corrected chi connectivity index (χ0v) is 26.5. The van der Waals surface area contributed by atoms with Crippen molar-refractivity contribution in [3.8, 4) is 45.5 Å². The third-order valence-electron chi connectivity index (χ3n) is 7.84. The number of aryl methyl sites for hydroxylation is 1. The van der Waals surface area contributed by atoms with E-state index in [0.717, 1.165) is 27.0 Å². The third-order valence-corrected chi connectivity index (χ3v) is 9.04. The molecular formula is C34H32N4O6S. The number of carbonyl (C=O) groups is 1. The highest BCUT2D eigenvalue weighted by Gasteiger charge is 2.28. The van der Waals surface area contributed by atoms with E-state index in [-0.39, 0.29) is 11.6 Å². The maximum Gasteiger partial charge on any atom is 0.255 e. The normalized spacial score (nSPS) is 11.6. The molecule has 0 aliphatic heterocycles. The van der Waals surface area contributed by atoms with E-state index in [1.54, 1.807) is 32.4 Å². The predicted octanol–water partition coefficient (Wildman–Crippen LogP) is 6.39. The van der Waals surface area contributed by atoms with Gasteiger partial charge in [-0.25, -0.2) is 13.4 Å². The van der Waals surface area contributed by atoms with Crippen LogP contribution in [0.15, 0.2) is 77.2 Å². The summed E-state index contributed by atoms with van der Waals surface area (Å²) in [4.78, 5) is 21.8. The lowest BCUT2D eigenvalue weighted by Crippen LogP contribution is -2.25. The second-order valence-electron chi connectivity index (χ2n) is 10.7. The van der Waals surface area contributed by atoms with Crippen LogP contribution in [0, 0.1) is 6.92 Å². The van der Waals surface area contributed by atoms with Crippen molar-refractivity contribution in [2.45, 2.75) is 6.92 Å². The summed E-state index contributed by atoms with van der Waals surface area (Å²) in [5.41, 5.74) is 5.57. The number of nitrogens with zero attached hydrogens (tertiary/aromatic N) is 2. The van der Waals surface area contributed by atoms with Crippen LogP contribution in [-0.2, 0) is 10.0 Å². The molecule has 0 radical (unpaired) electrons. The van der Waals surface area contributed by atoms with Gasteiger partial charge < -0.3 is 24.2 Å². The van der Waals surface area contributed by atoms with Gasteiger partial charge in [-0.15, -0.1) is 0 Å². The van der Waals surface area contributed by atoms with Crippen LogP contribution < -0.4 is 19.1 Å². The summed E-state index contributed by atoms with van der Waals surface area (Å²) in [6.07, 6.45) is 1.12. The second-order valence-corrected chi connectivity index (χ2v) is 12.7. The maximum absolute atomic E-state index is 13.4. The molecule has 0 saturated carbocycles. The molecule has 3 heterocycles. The van der Waals surface area contributed by atoms with Gasteiger partial charge in [0, 0.05) is 53.6 Å². The molecule has 0 fully saturated rings. The van der Waals surface area contributed by atoms with Crippen molar-refractivity contribution in [3.05, 3.63) is 83.9 Å². The van der Waals surface area contributed by atoms with E-state index in [1.165, 1.54) is 14.2 Å². The number of carbonyl (C=O) groups excluding carboxylic acids is 1. The number of fused-ring (bicyclic) bond motifs is 2. The molecule has 0 aliphatic rings. The van der Waals surface area contributed by atoms with Gasteiger partial charge in [0.15, 0.2) is 0 Å². The molecule has 10 nitrogen and oxygen atoms in total. The van der Waals surface area contributed by atoms with Crippen LogP contribution in [0.3, 0.4) is 0 Å². The van der Waals surface area contributed by atoms with E-state index in [0.29, 0.717) is 62.0 Å². The Kier molecular flexibility index (Phi) is 7.49. The summed E-state index contributed by atoms with van der Waals surface area (Å²) in [5.74, 6) is 0.811. The van der Waals surface area contributed by atoms with Gasteiger partial charge in [0.05, 0.1) is 37.4 Å². The quantitative estimate of drug-likeness (QED) is 0.201. The van der Waals surface area contributed by atoms with Gasteiger partial charge in [0.2, 0.25) is 10.0 Å². The number of pyridine rings is 1. The molecule has 3 aromatic heterocycles. The molecule has 0 spiro atoms. The fourth-order valence-corrected chi connectivity index (χ4v) is 5.90. The lowest BCUT2D eigenvalue weighted by atomic mass is 9.99. The van der Waals surface area contributed by atoms with E-state index >= 15 is 0 Å². The minimum atomic E-state index is -3.74. The van der Waals surface area contributed by atoms with E-state index in [2.05, 4.69) is 10.3 Å². The molecule has 0 atom stereocenters. The van der Waals surface area contributed by atoms with Gasteiger partial charge in [0.25, 0.3) is 5.91 Å². The lowest BCUT2D eigenvalue weighted by Gasteiger charge is -2.22. The van der Waals surface area contributed by atoms with Crippen LogP contribution in [-0.4, -0.2) is 58.9 Å². The Bertz CT molecular complexity index is 2170. The molecule has 6 rings (SSSR count). The monoisotopic (exact) mass is 624 g/mol. The minimum Gasteiger partial charge on any atom is -0.494 e. The van der Waals surface area contributed by atoms with E-state index in [9.17, 15) is 13.2 Å². The first-order valence-electron chi connectivity index (χ1n) is 14.1. The van der Waals surface area contributed by atoms with E-state index in [1.807, 2.05) is 61.5 Å². The number of para-hydroxylation sites is 1. The van der Waals surface area contributed by atoms with Crippen LogP contribution in [0.5, 0.6) is 11.5 Å². The molecule has 11 heteroatoms. The molecule has 0 aliphatic carbocycles. The molecule has 1 amide bonds. The van der Waals surface area contributed by atoms with Gasteiger partial charge in [-0.05, 0) is 25.1 Å². The molecule has 0 saturated heterocycles. The smallest absolute Gasteiger partial charge is 0.255 e. The van der Waals surface area contributed by atoms with Crippen molar-refractivity contribution < 1.29 is 27.1 Å². The number of benzene rings is 3. The van der Waals surface area contributed by atoms with Crippen molar-refractivity contribution >= 4 is 43.5 Å². The first kappa shape index (κ1) is 29.8. The average Bonchev–Trinajstić information content (AvgIpc) is 3.64. The van der Waals surface area contributed by atoms with Crippen molar-refractivity contribution in [2.75, 3.05) is 38.9 Å². The molecule has 0 unspecified atom stereocenters. The Labute approximate surface area is 260 Å². The van der Waals surface area contributed by atoms with Gasteiger partial charge in [0.1, 0.15) is 34.2 Å². The number of aromatic nitrogens is 2. The number of methoxy groups -OCH3 is 2.